The highest BCUT2D eigenvalue weighted by atomic mass is 19.3. The van der Waals surface area contributed by atoms with E-state index in [2.05, 4.69) is 10.4 Å². The average molecular weight is 379 g/mol. The van der Waals surface area contributed by atoms with Crippen LogP contribution in [0, 0.1) is 11.6 Å². The number of carbonyl (C=O) groups excluding carboxylic acids is 1. The van der Waals surface area contributed by atoms with Crippen LogP contribution in [0.3, 0.4) is 0 Å². The number of hydrogen-bond acceptors (Lipinski definition) is 3. The Morgan fingerprint density at radius 3 is 2.59 bits per heavy atom. The van der Waals surface area contributed by atoms with E-state index >= 15 is 0 Å². The van der Waals surface area contributed by atoms with Gasteiger partial charge in [0.1, 0.15) is 11.6 Å². The maximum Gasteiger partial charge on any atom is 0.417 e. The predicted molar refractivity (Wildman–Crippen MR) is 89.6 cm³/mol. The highest BCUT2D eigenvalue weighted by Crippen LogP contribution is 2.31. The molecule has 3 rings (SSSR count). The largest absolute Gasteiger partial charge is 0.417 e. The SMILES string of the molecule is Cn1cc(OC(=O)Nc2ccccc2-c2ccc(F)cc2F)c(C(F)F)n1. The molecule has 0 spiro atoms. The zero-order valence-corrected chi connectivity index (χ0v) is 13.9. The fraction of sp³-hybridized carbons (Fsp3) is 0.111. The van der Waals surface area contributed by atoms with Crippen LogP contribution in [-0.2, 0) is 7.05 Å². The molecule has 5 nitrogen and oxygen atoms in total. The number of ether oxygens (including phenoxy) is 1. The fourth-order valence-corrected chi connectivity index (χ4v) is 2.48. The number of amides is 1. The van der Waals surface area contributed by atoms with Gasteiger partial charge in [-0.2, -0.15) is 5.10 Å². The summed E-state index contributed by atoms with van der Waals surface area (Å²) in [6.07, 6.45) is -2.85. The number of alkyl halides is 2. The van der Waals surface area contributed by atoms with Crippen LogP contribution in [0.4, 0.5) is 28.0 Å². The van der Waals surface area contributed by atoms with Crippen LogP contribution in [0.5, 0.6) is 5.75 Å². The third kappa shape index (κ3) is 4.08. The van der Waals surface area contributed by atoms with Gasteiger partial charge in [-0.1, -0.05) is 18.2 Å². The summed E-state index contributed by atoms with van der Waals surface area (Å²) in [5, 5.41) is 5.90. The highest BCUT2D eigenvalue weighted by molar-refractivity contribution is 5.92. The van der Waals surface area contributed by atoms with Crippen molar-refractivity contribution in [2.45, 2.75) is 6.43 Å². The molecule has 2 aromatic carbocycles. The number of rotatable bonds is 4. The first-order valence-electron chi connectivity index (χ1n) is 7.70. The van der Waals surface area contributed by atoms with Gasteiger partial charge in [0, 0.05) is 24.2 Å². The van der Waals surface area contributed by atoms with Crippen LogP contribution >= 0.6 is 0 Å². The first kappa shape index (κ1) is 18.4. The van der Waals surface area contributed by atoms with Gasteiger partial charge in [0.2, 0.25) is 0 Å². The zero-order chi connectivity index (χ0) is 19.6. The van der Waals surface area contributed by atoms with E-state index in [1.807, 2.05) is 0 Å². The molecule has 0 aliphatic heterocycles. The summed E-state index contributed by atoms with van der Waals surface area (Å²) < 4.78 is 59.0. The number of carbonyl (C=O) groups is 1. The number of nitrogens with one attached hydrogen (secondary N) is 1. The van der Waals surface area contributed by atoms with Crippen LogP contribution in [-0.4, -0.2) is 15.9 Å². The molecule has 140 valence electrons. The quantitative estimate of drug-likeness (QED) is 0.655. The molecular formula is C18H13F4N3O2. The average Bonchev–Trinajstić information content (AvgIpc) is 2.96. The van der Waals surface area contributed by atoms with Gasteiger partial charge in [0.25, 0.3) is 6.43 Å². The lowest BCUT2D eigenvalue weighted by Gasteiger charge is -2.12. The molecule has 0 aliphatic carbocycles. The minimum atomic E-state index is -2.92. The minimum Gasteiger partial charge on any atom is -0.406 e. The van der Waals surface area contributed by atoms with E-state index in [0.717, 1.165) is 23.0 Å². The summed E-state index contributed by atoms with van der Waals surface area (Å²) in [5.41, 5.74) is -0.185. The van der Waals surface area contributed by atoms with Gasteiger partial charge in [0.05, 0.1) is 11.9 Å². The summed E-state index contributed by atoms with van der Waals surface area (Å²) in [7, 11) is 1.41. The third-order valence-electron chi connectivity index (χ3n) is 3.62. The van der Waals surface area contributed by atoms with Crippen molar-refractivity contribution in [3.8, 4) is 16.9 Å². The van der Waals surface area contributed by atoms with Gasteiger partial charge in [-0.3, -0.25) is 10.00 Å². The molecule has 1 aromatic heterocycles. The number of nitrogens with zero attached hydrogens (tertiary/aromatic N) is 2. The summed E-state index contributed by atoms with van der Waals surface area (Å²) in [4.78, 5) is 12.1. The Morgan fingerprint density at radius 2 is 1.89 bits per heavy atom. The molecule has 0 bridgehead atoms. The second kappa shape index (κ2) is 7.48. The maximum atomic E-state index is 14.1. The van der Waals surface area contributed by atoms with E-state index in [4.69, 9.17) is 4.74 Å². The molecule has 0 fully saturated rings. The van der Waals surface area contributed by atoms with E-state index in [1.54, 1.807) is 12.1 Å². The van der Waals surface area contributed by atoms with E-state index in [9.17, 15) is 22.4 Å². The van der Waals surface area contributed by atoms with E-state index < -0.39 is 35.6 Å². The Morgan fingerprint density at radius 1 is 1.15 bits per heavy atom. The number of aryl methyl sites for hydroxylation is 1. The Hall–Kier alpha value is -3.36. The lowest BCUT2D eigenvalue weighted by molar-refractivity contribution is 0.141. The first-order valence-corrected chi connectivity index (χ1v) is 7.70. The smallest absolute Gasteiger partial charge is 0.406 e. The van der Waals surface area contributed by atoms with Crippen molar-refractivity contribution < 1.29 is 27.1 Å². The molecule has 0 radical (unpaired) electrons. The molecule has 3 aromatic rings. The molecule has 0 saturated carbocycles. The van der Waals surface area contributed by atoms with Gasteiger partial charge >= 0.3 is 6.09 Å². The minimum absolute atomic E-state index is 0.0574. The van der Waals surface area contributed by atoms with Gasteiger partial charge in [-0.25, -0.2) is 22.4 Å². The summed E-state index contributed by atoms with van der Waals surface area (Å²) in [6.45, 7) is 0. The standard InChI is InChI=1S/C18H13F4N3O2/c1-25-9-15(16(24-25)17(21)22)27-18(26)23-14-5-3-2-4-12(14)11-7-6-10(19)8-13(11)20/h2-9,17H,1H3,(H,23,26). The molecule has 9 heteroatoms. The van der Waals surface area contributed by atoms with E-state index in [1.165, 1.54) is 25.2 Å². The number of para-hydroxylation sites is 1. The second-order valence-electron chi connectivity index (χ2n) is 5.54. The van der Waals surface area contributed by atoms with Crippen molar-refractivity contribution in [2.75, 3.05) is 5.32 Å². The lowest BCUT2D eigenvalue weighted by atomic mass is 10.0. The number of benzene rings is 2. The Balaban J connectivity index is 1.85. The molecule has 1 amide bonds. The van der Waals surface area contributed by atoms with Crippen molar-refractivity contribution in [2.24, 2.45) is 7.05 Å². The molecule has 0 saturated heterocycles. The summed E-state index contributed by atoms with van der Waals surface area (Å²) in [5.74, 6) is -1.95. The van der Waals surface area contributed by atoms with Crippen LogP contribution < -0.4 is 10.1 Å². The van der Waals surface area contributed by atoms with Crippen molar-refractivity contribution in [3.05, 3.63) is 66.0 Å². The molecule has 1 heterocycles. The topological polar surface area (TPSA) is 56.1 Å². The molecule has 0 aliphatic rings. The van der Waals surface area contributed by atoms with Crippen molar-refractivity contribution in [1.29, 1.82) is 0 Å². The third-order valence-corrected chi connectivity index (χ3v) is 3.62. The molecular weight excluding hydrogens is 366 g/mol. The lowest BCUT2D eigenvalue weighted by Crippen LogP contribution is -2.17. The van der Waals surface area contributed by atoms with Crippen LogP contribution in [0.1, 0.15) is 12.1 Å². The van der Waals surface area contributed by atoms with Crippen LogP contribution in [0.25, 0.3) is 11.1 Å². The summed E-state index contributed by atoms with van der Waals surface area (Å²) >= 11 is 0. The van der Waals surface area contributed by atoms with E-state index in [-0.39, 0.29) is 16.8 Å². The number of halogens is 4. The first-order chi connectivity index (χ1) is 12.8. The molecule has 1 N–H and O–H groups in total. The Kier molecular flexibility index (Phi) is 5.11. The molecule has 0 atom stereocenters. The van der Waals surface area contributed by atoms with Gasteiger partial charge in [0.15, 0.2) is 11.4 Å². The highest BCUT2D eigenvalue weighted by Gasteiger charge is 2.21. The van der Waals surface area contributed by atoms with Crippen molar-refractivity contribution in [3.63, 3.8) is 0 Å². The predicted octanol–water partition coefficient (Wildman–Crippen LogP) is 4.91. The maximum absolute atomic E-state index is 14.1. The number of hydrogen-bond donors (Lipinski definition) is 1. The van der Waals surface area contributed by atoms with Crippen molar-refractivity contribution in [1.82, 2.24) is 9.78 Å². The summed E-state index contributed by atoms with van der Waals surface area (Å²) in [6, 6.07) is 9.19. The second-order valence-corrected chi connectivity index (χ2v) is 5.54. The van der Waals surface area contributed by atoms with Crippen molar-refractivity contribution >= 4 is 11.8 Å². The number of anilines is 1. The van der Waals surface area contributed by atoms with Gasteiger partial charge < -0.3 is 4.74 Å². The van der Waals surface area contributed by atoms with E-state index in [0.29, 0.717) is 0 Å². The molecule has 0 unspecified atom stereocenters. The fourth-order valence-electron chi connectivity index (χ4n) is 2.48. The normalized spacial score (nSPS) is 10.9. The Bertz CT molecular complexity index is 988. The van der Waals surface area contributed by atoms with Crippen LogP contribution in [0.2, 0.25) is 0 Å². The van der Waals surface area contributed by atoms with Gasteiger partial charge in [-0.05, 0) is 18.2 Å². The van der Waals surface area contributed by atoms with Crippen LogP contribution in [0.15, 0.2) is 48.7 Å². The monoisotopic (exact) mass is 379 g/mol. The van der Waals surface area contributed by atoms with Gasteiger partial charge in [-0.15, -0.1) is 0 Å². The zero-order valence-electron chi connectivity index (χ0n) is 13.9. The number of aromatic nitrogens is 2. The Labute approximate surface area is 151 Å². The molecule has 27 heavy (non-hydrogen) atoms.